The van der Waals surface area contributed by atoms with Crippen molar-refractivity contribution in [2.45, 2.75) is 39.2 Å². The molecule has 0 spiro atoms. The molecular formula is C28H25BrN4O2. The number of rotatable bonds is 4. The van der Waals surface area contributed by atoms with E-state index < -0.39 is 5.92 Å². The van der Waals surface area contributed by atoms with E-state index in [-0.39, 0.29) is 22.7 Å². The van der Waals surface area contributed by atoms with Crippen LogP contribution >= 0.6 is 15.9 Å². The Morgan fingerprint density at radius 3 is 2.57 bits per heavy atom. The van der Waals surface area contributed by atoms with Crippen molar-refractivity contribution in [3.8, 4) is 17.3 Å². The number of nitrogens with zero attached hydrogens (tertiary/aromatic N) is 3. The van der Waals surface area contributed by atoms with Gasteiger partial charge in [0.25, 0.3) is 0 Å². The second-order valence-corrected chi connectivity index (χ2v) is 10.7. The van der Waals surface area contributed by atoms with Crippen LogP contribution in [0.5, 0.6) is 0 Å². The van der Waals surface area contributed by atoms with Gasteiger partial charge in [0.05, 0.1) is 18.2 Å². The minimum atomic E-state index is -0.624. The lowest BCUT2D eigenvalue weighted by Crippen LogP contribution is -2.33. The maximum atomic E-state index is 13.4. The lowest BCUT2D eigenvalue weighted by molar-refractivity contribution is -0.119. The van der Waals surface area contributed by atoms with E-state index in [0.717, 1.165) is 26.9 Å². The van der Waals surface area contributed by atoms with Crippen LogP contribution in [0, 0.1) is 16.7 Å². The van der Waals surface area contributed by atoms with Crippen LogP contribution in [-0.2, 0) is 16.1 Å². The molecule has 0 saturated heterocycles. The van der Waals surface area contributed by atoms with Crippen molar-refractivity contribution in [2.24, 2.45) is 11.1 Å². The molecule has 0 bridgehead atoms. The number of aromatic nitrogens is 2. The Balaban J connectivity index is 1.68. The van der Waals surface area contributed by atoms with E-state index in [4.69, 9.17) is 15.6 Å². The molecule has 0 fully saturated rings. The number of allylic oxidation sites excluding steroid dienone is 3. The molecule has 1 aromatic heterocycles. The van der Waals surface area contributed by atoms with E-state index in [1.165, 1.54) is 0 Å². The van der Waals surface area contributed by atoms with Crippen LogP contribution < -0.4 is 5.73 Å². The van der Waals surface area contributed by atoms with Gasteiger partial charge in [0.1, 0.15) is 17.4 Å². The Kier molecular flexibility index (Phi) is 5.86. The van der Waals surface area contributed by atoms with Gasteiger partial charge in [-0.2, -0.15) is 10.4 Å². The third-order valence-electron chi connectivity index (χ3n) is 6.48. The molecule has 1 unspecified atom stereocenters. The second-order valence-electron chi connectivity index (χ2n) is 9.83. The molecule has 3 aromatic rings. The summed E-state index contributed by atoms with van der Waals surface area (Å²) in [7, 11) is 0. The second kappa shape index (κ2) is 8.86. The van der Waals surface area contributed by atoms with Crippen LogP contribution in [0.3, 0.4) is 0 Å². The third kappa shape index (κ3) is 4.42. The molecular weight excluding hydrogens is 504 g/mol. The van der Waals surface area contributed by atoms with E-state index in [1.807, 2.05) is 79.3 Å². The van der Waals surface area contributed by atoms with Crippen LogP contribution in [0.2, 0.25) is 0 Å². The number of carbonyl (C=O) groups is 1. The number of nitriles is 1. The number of nitrogens with two attached hydrogens (primary N) is 1. The van der Waals surface area contributed by atoms with Crippen LogP contribution in [-0.4, -0.2) is 15.6 Å². The molecule has 2 aromatic carbocycles. The summed E-state index contributed by atoms with van der Waals surface area (Å²) in [6.07, 6.45) is 2.90. The first kappa shape index (κ1) is 23.1. The van der Waals surface area contributed by atoms with Crippen molar-refractivity contribution in [1.82, 2.24) is 9.78 Å². The molecule has 1 aliphatic heterocycles. The molecule has 5 rings (SSSR count). The predicted octanol–water partition coefficient (Wildman–Crippen LogP) is 5.81. The summed E-state index contributed by atoms with van der Waals surface area (Å²) in [6.45, 7) is 4.63. The SMILES string of the molecule is CC1(C)CC(=O)C2=C(C1)OC(N)=C(C#N)C2c1cn(Cc2ccc(Br)cc2)nc1-c1ccccc1. The summed E-state index contributed by atoms with van der Waals surface area (Å²) in [4.78, 5) is 13.4. The first-order valence-electron chi connectivity index (χ1n) is 11.5. The average molecular weight is 529 g/mol. The lowest BCUT2D eigenvalue weighted by Gasteiger charge is -2.37. The Morgan fingerprint density at radius 1 is 1.17 bits per heavy atom. The first-order valence-corrected chi connectivity index (χ1v) is 12.3. The van der Waals surface area contributed by atoms with Crippen molar-refractivity contribution >= 4 is 21.7 Å². The fourth-order valence-electron chi connectivity index (χ4n) is 4.92. The normalized spacial score (nSPS) is 19.3. The number of benzene rings is 2. The maximum Gasteiger partial charge on any atom is 0.205 e. The molecule has 2 heterocycles. The fraction of sp³-hybridized carbons (Fsp3) is 0.250. The molecule has 6 nitrogen and oxygen atoms in total. The van der Waals surface area contributed by atoms with Gasteiger partial charge in [0.15, 0.2) is 5.78 Å². The largest absolute Gasteiger partial charge is 0.444 e. The molecule has 2 N–H and O–H groups in total. The van der Waals surface area contributed by atoms with Crippen molar-refractivity contribution in [3.05, 3.63) is 99.2 Å². The first-order chi connectivity index (χ1) is 16.8. The summed E-state index contributed by atoms with van der Waals surface area (Å²) in [5.41, 5.74) is 10.3. The van der Waals surface area contributed by atoms with E-state index in [0.29, 0.717) is 30.7 Å². The smallest absolute Gasteiger partial charge is 0.205 e. The number of hydrogen-bond acceptors (Lipinski definition) is 5. The Morgan fingerprint density at radius 2 is 1.89 bits per heavy atom. The number of halogens is 1. The average Bonchev–Trinajstić information content (AvgIpc) is 3.23. The van der Waals surface area contributed by atoms with Gasteiger partial charge in [-0.15, -0.1) is 0 Å². The Hall–Kier alpha value is -3.63. The predicted molar refractivity (Wildman–Crippen MR) is 137 cm³/mol. The number of ether oxygens (including phenoxy) is 1. The summed E-state index contributed by atoms with van der Waals surface area (Å²) >= 11 is 3.48. The molecule has 7 heteroatoms. The van der Waals surface area contributed by atoms with Crippen LogP contribution in [0.4, 0.5) is 0 Å². The molecule has 0 amide bonds. The van der Waals surface area contributed by atoms with E-state index in [2.05, 4.69) is 22.0 Å². The zero-order valence-electron chi connectivity index (χ0n) is 19.6. The third-order valence-corrected chi connectivity index (χ3v) is 7.01. The maximum absolute atomic E-state index is 13.4. The van der Waals surface area contributed by atoms with Crippen molar-refractivity contribution in [1.29, 1.82) is 5.26 Å². The summed E-state index contributed by atoms with van der Waals surface area (Å²) in [5.74, 6) is -0.0174. The molecule has 2 aliphatic rings. The monoisotopic (exact) mass is 528 g/mol. The van der Waals surface area contributed by atoms with Gasteiger partial charge < -0.3 is 10.5 Å². The molecule has 0 radical (unpaired) electrons. The zero-order valence-corrected chi connectivity index (χ0v) is 21.2. The number of ketones is 1. The van der Waals surface area contributed by atoms with Crippen LogP contribution in [0.15, 0.2) is 88.1 Å². The van der Waals surface area contributed by atoms with Gasteiger partial charge in [-0.3, -0.25) is 9.48 Å². The lowest BCUT2D eigenvalue weighted by atomic mass is 9.70. The zero-order chi connectivity index (χ0) is 24.7. The summed E-state index contributed by atoms with van der Waals surface area (Å²) in [6, 6.07) is 20.1. The van der Waals surface area contributed by atoms with Gasteiger partial charge in [0, 0.05) is 40.2 Å². The number of hydrogen-bond donors (Lipinski definition) is 1. The Labute approximate surface area is 212 Å². The number of carbonyl (C=O) groups excluding carboxylic acids is 1. The standard InChI is InChI=1S/C28H25BrN4O2/c1-28(2)12-22(34)25-23(13-28)35-27(31)20(14-30)24(25)21-16-33(15-17-8-10-19(29)11-9-17)32-26(21)18-6-4-3-5-7-18/h3-11,16,24H,12-13,15,31H2,1-2H3. The van der Waals surface area contributed by atoms with E-state index >= 15 is 0 Å². The minimum absolute atomic E-state index is 0.0128. The van der Waals surface area contributed by atoms with Gasteiger partial charge in [0.2, 0.25) is 5.88 Å². The topological polar surface area (TPSA) is 93.9 Å². The molecule has 1 aliphatic carbocycles. The highest BCUT2D eigenvalue weighted by atomic mass is 79.9. The van der Waals surface area contributed by atoms with Crippen molar-refractivity contribution in [3.63, 3.8) is 0 Å². The van der Waals surface area contributed by atoms with Crippen LogP contribution in [0.25, 0.3) is 11.3 Å². The highest BCUT2D eigenvalue weighted by Crippen LogP contribution is 2.49. The van der Waals surface area contributed by atoms with E-state index in [1.54, 1.807) is 0 Å². The number of Topliss-reactive ketones (excluding diaryl/α,β-unsaturated/α-hetero) is 1. The van der Waals surface area contributed by atoms with Gasteiger partial charge in [-0.05, 0) is 23.1 Å². The Bertz CT molecular complexity index is 1410. The summed E-state index contributed by atoms with van der Waals surface area (Å²) in [5, 5.41) is 15.0. The van der Waals surface area contributed by atoms with Gasteiger partial charge >= 0.3 is 0 Å². The van der Waals surface area contributed by atoms with Crippen molar-refractivity contribution in [2.75, 3.05) is 0 Å². The highest BCUT2D eigenvalue weighted by molar-refractivity contribution is 9.10. The molecule has 176 valence electrons. The highest BCUT2D eigenvalue weighted by Gasteiger charge is 2.44. The molecule has 0 saturated carbocycles. The minimum Gasteiger partial charge on any atom is -0.444 e. The quantitative estimate of drug-likeness (QED) is 0.460. The van der Waals surface area contributed by atoms with Crippen LogP contribution in [0.1, 0.15) is 43.7 Å². The van der Waals surface area contributed by atoms with Crippen molar-refractivity contribution < 1.29 is 9.53 Å². The summed E-state index contributed by atoms with van der Waals surface area (Å²) < 4.78 is 8.74. The van der Waals surface area contributed by atoms with Gasteiger partial charge in [-0.1, -0.05) is 72.2 Å². The fourth-order valence-corrected chi connectivity index (χ4v) is 5.19. The van der Waals surface area contributed by atoms with Gasteiger partial charge in [-0.25, -0.2) is 0 Å². The van der Waals surface area contributed by atoms with E-state index in [9.17, 15) is 10.1 Å². The molecule has 1 atom stereocenters. The molecule has 35 heavy (non-hydrogen) atoms.